The molecule has 0 aliphatic rings. The summed E-state index contributed by atoms with van der Waals surface area (Å²) < 4.78 is 21.3. The minimum atomic E-state index is -0.535. The van der Waals surface area contributed by atoms with E-state index in [1.165, 1.54) is 14.2 Å². The highest BCUT2D eigenvalue weighted by molar-refractivity contribution is 5.87. The maximum absolute atomic E-state index is 12.5. The second kappa shape index (κ2) is 9.35. The zero-order chi connectivity index (χ0) is 21.7. The van der Waals surface area contributed by atoms with Gasteiger partial charge < -0.3 is 23.9 Å². The molecule has 1 amide bonds. The highest BCUT2D eigenvalue weighted by Crippen LogP contribution is 2.33. The number of amides is 1. The fourth-order valence-electron chi connectivity index (χ4n) is 3.39. The zero-order valence-corrected chi connectivity index (χ0v) is 17.5. The van der Waals surface area contributed by atoms with E-state index in [0.29, 0.717) is 46.6 Å². The van der Waals surface area contributed by atoms with Gasteiger partial charge in [0, 0.05) is 18.0 Å². The van der Waals surface area contributed by atoms with Crippen LogP contribution in [0.25, 0.3) is 11.0 Å². The average Bonchev–Trinajstić information content (AvgIpc) is 2.76. The molecule has 0 bridgehead atoms. The molecule has 0 fully saturated rings. The first-order valence-corrected chi connectivity index (χ1v) is 9.55. The summed E-state index contributed by atoms with van der Waals surface area (Å²) in [6, 6.07) is 11.0. The molecule has 3 rings (SSSR count). The van der Waals surface area contributed by atoms with Gasteiger partial charge in [0.1, 0.15) is 11.3 Å². The maximum atomic E-state index is 12.5. The number of hydrogen-bond acceptors (Lipinski definition) is 6. The summed E-state index contributed by atoms with van der Waals surface area (Å²) in [5, 5.41) is 3.55. The van der Waals surface area contributed by atoms with E-state index in [-0.39, 0.29) is 12.3 Å². The third-order valence-corrected chi connectivity index (χ3v) is 5.04. The molecule has 0 saturated carbocycles. The molecule has 3 aromatic rings. The highest BCUT2D eigenvalue weighted by Gasteiger charge is 2.17. The topological polar surface area (TPSA) is 87.0 Å². The van der Waals surface area contributed by atoms with E-state index in [9.17, 15) is 9.59 Å². The van der Waals surface area contributed by atoms with Crippen LogP contribution >= 0.6 is 0 Å². The van der Waals surface area contributed by atoms with Gasteiger partial charge in [0.05, 0.1) is 33.3 Å². The van der Waals surface area contributed by atoms with Gasteiger partial charge in [-0.3, -0.25) is 4.79 Å². The number of rotatable bonds is 8. The average molecular weight is 411 g/mol. The van der Waals surface area contributed by atoms with E-state index in [0.717, 1.165) is 11.3 Å². The molecule has 0 saturated heterocycles. The van der Waals surface area contributed by atoms with E-state index in [1.54, 1.807) is 26.2 Å². The van der Waals surface area contributed by atoms with Gasteiger partial charge in [-0.05, 0) is 36.6 Å². The van der Waals surface area contributed by atoms with Crippen molar-refractivity contribution < 1.29 is 23.4 Å². The summed E-state index contributed by atoms with van der Waals surface area (Å²) >= 11 is 0. The molecule has 0 unspecified atom stereocenters. The Hall–Kier alpha value is -3.48. The van der Waals surface area contributed by atoms with Gasteiger partial charge in [-0.25, -0.2) is 4.79 Å². The van der Waals surface area contributed by atoms with Gasteiger partial charge in [-0.1, -0.05) is 18.2 Å². The zero-order valence-electron chi connectivity index (χ0n) is 17.5. The fraction of sp³-hybridized carbons (Fsp3) is 0.304. The summed E-state index contributed by atoms with van der Waals surface area (Å²) in [6.07, 6.45) is 0.558. The third-order valence-electron chi connectivity index (χ3n) is 5.04. The standard InChI is InChI=1S/C23H25NO6/c1-14-16-11-20(28-3)21(29-4)13-19(16)30-23(26)17(14)12-22(25)24-10-9-15-7-5-6-8-18(15)27-2/h5-8,11,13H,9-10,12H2,1-4H3,(H,24,25). The minimum absolute atomic E-state index is 0.0651. The lowest BCUT2D eigenvalue weighted by Crippen LogP contribution is -2.29. The Bertz CT molecular complexity index is 1120. The van der Waals surface area contributed by atoms with Gasteiger partial charge in [0.2, 0.25) is 5.91 Å². The summed E-state index contributed by atoms with van der Waals surface area (Å²) in [6.45, 7) is 2.23. The van der Waals surface area contributed by atoms with Crippen molar-refractivity contribution >= 4 is 16.9 Å². The number of carbonyl (C=O) groups excluding carboxylic acids is 1. The number of ether oxygens (including phenoxy) is 3. The molecule has 1 aromatic heterocycles. The van der Waals surface area contributed by atoms with E-state index in [4.69, 9.17) is 18.6 Å². The Balaban J connectivity index is 1.76. The van der Waals surface area contributed by atoms with Crippen molar-refractivity contribution in [3.63, 3.8) is 0 Å². The lowest BCUT2D eigenvalue weighted by Gasteiger charge is -2.12. The van der Waals surface area contributed by atoms with Crippen molar-refractivity contribution in [1.29, 1.82) is 0 Å². The van der Waals surface area contributed by atoms with Gasteiger partial charge in [0.25, 0.3) is 0 Å². The Morgan fingerprint density at radius 2 is 1.67 bits per heavy atom. The van der Waals surface area contributed by atoms with Crippen LogP contribution in [0.1, 0.15) is 16.7 Å². The maximum Gasteiger partial charge on any atom is 0.340 e. The summed E-state index contributed by atoms with van der Waals surface area (Å²) in [4.78, 5) is 24.9. The number of benzene rings is 2. The normalized spacial score (nSPS) is 10.7. The number of hydrogen-bond donors (Lipinski definition) is 1. The van der Waals surface area contributed by atoms with Crippen LogP contribution in [0.4, 0.5) is 0 Å². The predicted octanol–water partition coefficient (Wildman–Crippen LogP) is 3.03. The van der Waals surface area contributed by atoms with Gasteiger partial charge in [-0.15, -0.1) is 0 Å². The molecule has 30 heavy (non-hydrogen) atoms. The second-order valence-corrected chi connectivity index (χ2v) is 6.79. The van der Waals surface area contributed by atoms with Crippen LogP contribution in [0, 0.1) is 6.92 Å². The molecule has 0 radical (unpaired) electrons. The molecule has 0 aliphatic carbocycles. The molecule has 2 aromatic carbocycles. The Morgan fingerprint density at radius 3 is 2.37 bits per heavy atom. The highest BCUT2D eigenvalue weighted by atomic mass is 16.5. The smallest absolute Gasteiger partial charge is 0.340 e. The third kappa shape index (κ3) is 4.40. The number of methoxy groups -OCH3 is 3. The second-order valence-electron chi connectivity index (χ2n) is 6.79. The summed E-state index contributed by atoms with van der Waals surface area (Å²) in [5.74, 6) is 1.52. The molecule has 1 N–H and O–H groups in total. The molecule has 1 heterocycles. The van der Waals surface area contributed by atoms with Gasteiger partial charge in [0.15, 0.2) is 11.5 Å². The molecule has 7 nitrogen and oxygen atoms in total. The lowest BCUT2D eigenvalue weighted by molar-refractivity contribution is -0.120. The number of aryl methyl sites for hydroxylation is 1. The van der Waals surface area contributed by atoms with Crippen LogP contribution in [0.15, 0.2) is 45.6 Å². The quantitative estimate of drug-likeness (QED) is 0.574. The van der Waals surface area contributed by atoms with Crippen LogP contribution in [-0.2, 0) is 17.6 Å². The van der Waals surface area contributed by atoms with E-state index < -0.39 is 5.63 Å². The van der Waals surface area contributed by atoms with Crippen LogP contribution in [0.2, 0.25) is 0 Å². The van der Waals surface area contributed by atoms with Crippen molar-refractivity contribution in [2.75, 3.05) is 27.9 Å². The Kier molecular flexibility index (Phi) is 6.61. The molecule has 7 heteroatoms. The summed E-state index contributed by atoms with van der Waals surface area (Å²) in [5.41, 5.74) is 1.86. The van der Waals surface area contributed by atoms with Crippen LogP contribution in [-0.4, -0.2) is 33.8 Å². The van der Waals surface area contributed by atoms with Crippen LogP contribution < -0.4 is 25.2 Å². The van der Waals surface area contributed by atoms with Crippen LogP contribution in [0.3, 0.4) is 0 Å². The van der Waals surface area contributed by atoms with Gasteiger partial charge >= 0.3 is 5.63 Å². The SMILES string of the molecule is COc1ccccc1CCNC(=O)Cc1c(C)c2cc(OC)c(OC)cc2oc1=O. The molecule has 0 aliphatic heterocycles. The first kappa shape index (κ1) is 21.2. The minimum Gasteiger partial charge on any atom is -0.496 e. The van der Waals surface area contributed by atoms with E-state index in [2.05, 4.69) is 5.32 Å². The molecule has 0 spiro atoms. The first-order chi connectivity index (χ1) is 14.5. The largest absolute Gasteiger partial charge is 0.496 e. The van der Waals surface area contributed by atoms with Crippen molar-refractivity contribution in [1.82, 2.24) is 5.32 Å². The first-order valence-electron chi connectivity index (χ1n) is 9.55. The molecular formula is C23H25NO6. The van der Waals surface area contributed by atoms with Crippen LogP contribution in [0.5, 0.6) is 17.2 Å². The molecule has 0 atom stereocenters. The lowest BCUT2D eigenvalue weighted by atomic mass is 10.0. The van der Waals surface area contributed by atoms with Gasteiger partial charge in [-0.2, -0.15) is 0 Å². The van der Waals surface area contributed by atoms with Crippen molar-refractivity contribution in [3.8, 4) is 17.2 Å². The molecule has 158 valence electrons. The molecular weight excluding hydrogens is 386 g/mol. The number of carbonyl (C=O) groups is 1. The fourth-order valence-corrected chi connectivity index (χ4v) is 3.39. The Morgan fingerprint density at radius 1 is 1.00 bits per heavy atom. The number of para-hydroxylation sites is 1. The number of fused-ring (bicyclic) bond motifs is 1. The predicted molar refractivity (Wildman–Crippen MR) is 114 cm³/mol. The number of nitrogens with one attached hydrogen (secondary N) is 1. The summed E-state index contributed by atoms with van der Waals surface area (Å²) in [7, 11) is 4.66. The van der Waals surface area contributed by atoms with Crippen molar-refractivity contribution in [3.05, 3.63) is 63.5 Å². The van der Waals surface area contributed by atoms with Crippen molar-refractivity contribution in [2.45, 2.75) is 19.8 Å². The monoisotopic (exact) mass is 411 g/mol. The van der Waals surface area contributed by atoms with E-state index in [1.807, 2.05) is 24.3 Å². The van der Waals surface area contributed by atoms with E-state index >= 15 is 0 Å². The Labute approximate surface area is 174 Å². The van der Waals surface area contributed by atoms with Crippen molar-refractivity contribution in [2.24, 2.45) is 0 Å².